The van der Waals surface area contributed by atoms with Crippen LogP contribution in [-0.4, -0.2) is 11.9 Å². The Bertz CT molecular complexity index is 438. The third kappa shape index (κ3) is 3.01. The van der Waals surface area contributed by atoms with Gasteiger partial charge >= 0.3 is 6.18 Å². The molecule has 3 N–H and O–H groups in total. The average Bonchev–Trinajstić information content (AvgIpc) is 3.08. The third-order valence-electron chi connectivity index (χ3n) is 2.84. The first-order valence-corrected chi connectivity index (χ1v) is 5.60. The summed E-state index contributed by atoms with van der Waals surface area (Å²) in [7, 11) is 0. The lowest BCUT2D eigenvalue weighted by atomic mass is 10.0. The molecule has 1 aromatic carbocycles. The van der Waals surface area contributed by atoms with E-state index in [0.29, 0.717) is 5.56 Å². The zero-order chi connectivity index (χ0) is 13.3. The van der Waals surface area contributed by atoms with Gasteiger partial charge < -0.3 is 5.73 Å². The highest BCUT2D eigenvalue weighted by Gasteiger charge is 2.31. The molecule has 0 radical (unpaired) electrons. The van der Waals surface area contributed by atoms with E-state index in [1.165, 1.54) is 12.1 Å². The van der Waals surface area contributed by atoms with Gasteiger partial charge in [0.15, 0.2) is 0 Å². The van der Waals surface area contributed by atoms with Gasteiger partial charge in [0.2, 0.25) is 5.91 Å². The van der Waals surface area contributed by atoms with Gasteiger partial charge in [0.05, 0.1) is 5.56 Å². The standard InChI is InChI=1S/C12H13F3N2O/c13-12(14,15)8-3-1-7(2-4-8)10(11(16)18)17-9-5-6-9/h1-4,9-10,17H,5-6H2,(H2,16,18). The van der Waals surface area contributed by atoms with Crippen LogP contribution in [0.15, 0.2) is 24.3 Å². The van der Waals surface area contributed by atoms with Crippen molar-refractivity contribution in [2.45, 2.75) is 31.1 Å². The summed E-state index contributed by atoms with van der Waals surface area (Å²) in [5.74, 6) is -0.582. The summed E-state index contributed by atoms with van der Waals surface area (Å²) in [6.07, 6.45) is -2.44. The molecular weight excluding hydrogens is 245 g/mol. The maximum absolute atomic E-state index is 12.4. The fraction of sp³-hybridized carbons (Fsp3) is 0.417. The maximum Gasteiger partial charge on any atom is 0.416 e. The monoisotopic (exact) mass is 258 g/mol. The van der Waals surface area contributed by atoms with Crippen molar-refractivity contribution in [3.8, 4) is 0 Å². The lowest BCUT2D eigenvalue weighted by Gasteiger charge is -2.16. The number of hydrogen-bond donors (Lipinski definition) is 2. The van der Waals surface area contributed by atoms with E-state index in [0.717, 1.165) is 25.0 Å². The van der Waals surface area contributed by atoms with E-state index >= 15 is 0 Å². The van der Waals surface area contributed by atoms with Gasteiger partial charge in [0.25, 0.3) is 0 Å². The van der Waals surface area contributed by atoms with Gasteiger partial charge in [-0.2, -0.15) is 13.2 Å². The summed E-state index contributed by atoms with van der Waals surface area (Å²) in [6.45, 7) is 0. The van der Waals surface area contributed by atoms with E-state index in [-0.39, 0.29) is 6.04 Å². The zero-order valence-corrected chi connectivity index (χ0v) is 9.50. The summed E-state index contributed by atoms with van der Waals surface area (Å²) < 4.78 is 37.2. The second kappa shape index (κ2) is 4.61. The van der Waals surface area contributed by atoms with Crippen LogP contribution in [0.5, 0.6) is 0 Å². The summed E-state index contributed by atoms with van der Waals surface area (Å²) >= 11 is 0. The third-order valence-corrected chi connectivity index (χ3v) is 2.84. The number of carbonyl (C=O) groups is 1. The highest BCUT2D eigenvalue weighted by Crippen LogP contribution is 2.30. The highest BCUT2D eigenvalue weighted by atomic mass is 19.4. The number of carbonyl (C=O) groups excluding carboxylic acids is 1. The van der Waals surface area contributed by atoms with Crippen LogP contribution in [0, 0.1) is 0 Å². The number of benzene rings is 1. The minimum Gasteiger partial charge on any atom is -0.368 e. The first-order chi connectivity index (χ1) is 8.38. The summed E-state index contributed by atoms with van der Waals surface area (Å²) in [4.78, 5) is 11.3. The molecule has 1 amide bonds. The van der Waals surface area contributed by atoms with Crippen molar-refractivity contribution in [3.63, 3.8) is 0 Å². The van der Waals surface area contributed by atoms with Gasteiger partial charge in [-0.05, 0) is 30.5 Å². The van der Waals surface area contributed by atoms with Gasteiger partial charge in [-0.1, -0.05) is 12.1 Å². The fourth-order valence-corrected chi connectivity index (χ4v) is 1.69. The summed E-state index contributed by atoms with van der Waals surface area (Å²) in [5, 5.41) is 3.01. The first kappa shape index (κ1) is 12.9. The number of nitrogens with two attached hydrogens (primary N) is 1. The lowest BCUT2D eigenvalue weighted by Crippen LogP contribution is -2.34. The molecule has 1 fully saturated rings. The van der Waals surface area contributed by atoms with Crippen LogP contribution in [0.1, 0.15) is 30.0 Å². The van der Waals surface area contributed by atoms with Crippen molar-refractivity contribution < 1.29 is 18.0 Å². The van der Waals surface area contributed by atoms with E-state index in [2.05, 4.69) is 5.32 Å². The molecule has 1 aliphatic rings. The lowest BCUT2D eigenvalue weighted by molar-refractivity contribution is -0.137. The molecule has 0 aromatic heterocycles. The van der Waals surface area contributed by atoms with Gasteiger partial charge in [0, 0.05) is 6.04 Å². The SMILES string of the molecule is NC(=O)C(NC1CC1)c1ccc(C(F)(F)F)cc1. The molecule has 0 heterocycles. The van der Waals surface area contributed by atoms with Crippen LogP contribution in [0.25, 0.3) is 0 Å². The Morgan fingerprint density at radius 3 is 2.22 bits per heavy atom. The second-order valence-corrected chi connectivity index (χ2v) is 4.40. The fourth-order valence-electron chi connectivity index (χ4n) is 1.69. The highest BCUT2D eigenvalue weighted by molar-refractivity contribution is 5.81. The van der Waals surface area contributed by atoms with Crippen LogP contribution in [0.4, 0.5) is 13.2 Å². The molecule has 1 unspecified atom stereocenters. The largest absolute Gasteiger partial charge is 0.416 e. The molecular formula is C12H13F3N2O. The molecule has 0 spiro atoms. The quantitative estimate of drug-likeness (QED) is 0.867. The molecule has 1 atom stereocenters. The first-order valence-electron chi connectivity index (χ1n) is 5.60. The van der Waals surface area contributed by atoms with Crippen molar-refractivity contribution in [2.24, 2.45) is 5.73 Å². The average molecular weight is 258 g/mol. The van der Waals surface area contributed by atoms with Crippen LogP contribution in [0.3, 0.4) is 0 Å². The molecule has 1 aliphatic carbocycles. The van der Waals surface area contributed by atoms with E-state index < -0.39 is 23.7 Å². The molecule has 18 heavy (non-hydrogen) atoms. The van der Waals surface area contributed by atoms with Crippen molar-refractivity contribution in [2.75, 3.05) is 0 Å². The molecule has 3 nitrogen and oxygen atoms in total. The van der Waals surface area contributed by atoms with Gasteiger partial charge in [0.1, 0.15) is 6.04 Å². The number of halogens is 3. The Morgan fingerprint density at radius 1 is 1.28 bits per heavy atom. The second-order valence-electron chi connectivity index (χ2n) is 4.40. The Kier molecular flexibility index (Phi) is 3.30. The van der Waals surface area contributed by atoms with Crippen molar-refractivity contribution in [1.82, 2.24) is 5.32 Å². The van der Waals surface area contributed by atoms with Crippen LogP contribution < -0.4 is 11.1 Å². The van der Waals surface area contributed by atoms with Gasteiger partial charge in [-0.3, -0.25) is 10.1 Å². The molecule has 2 rings (SSSR count). The number of nitrogens with one attached hydrogen (secondary N) is 1. The number of primary amides is 1. The van der Waals surface area contributed by atoms with Gasteiger partial charge in [-0.25, -0.2) is 0 Å². The van der Waals surface area contributed by atoms with Crippen molar-refractivity contribution in [3.05, 3.63) is 35.4 Å². The Labute approximate surface area is 102 Å². The molecule has 0 aliphatic heterocycles. The minimum absolute atomic E-state index is 0.241. The molecule has 6 heteroatoms. The molecule has 0 saturated heterocycles. The smallest absolute Gasteiger partial charge is 0.368 e. The zero-order valence-electron chi connectivity index (χ0n) is 9.50. The van der Waals surface area contributed by atoms with E-state index in [4.69, 9.17) is 5.73 Å². The van der Waals surface area contributed by atoms with E-state index in [1.54, 1.807) is 0 Å². The van der Waals surface area contributed by atoms with E-state index in [9.17, 15) is 18.0 Å². The number of alkyl halides is 3. The molecule has 1 saturated carbocycles. The normalized spacial score (nSPS) is 17.5. The van der Waals surface area contributed by atoms with Crippen molar-refractivity contribution >= 4 is 5.91 Å². The summed E-state index contributed by atoms with van der Waals surface area (Å²) in [6, 6.07) is 4.01. The van der Waals surface area contributed by atoms with Crippen LogP contribution >= 0.6 is 0 Å². The topological polar surface area (TPSA) is 55.1 Å². The minimum atomic E-state index is -4.37. The molecule has 98 valence electrons. The van der Waals surface area contributed by atoms with Crippen LogP contribution in [-0.2, 0) is 11.0 Å². The Morgan fingerprint density at radius 2 is 1.83 bits per heavy atom. The Hall–Kier alpha value is -1.56. The number of rotatable bonds is 4. The summed E-state index contributed by atoms with van der Waals surface area (Å²) in [5.41, 5.74) is 4.97. The number of hydrogen-bond acceptors (Lipinski definition) is 2. The molecule has 0 bridgehead atoms. The Balaban J connectivity index is 2.17. The van der Waals surface area contributed by atoms with E-state index in [1.807, 2.05) is 0 Å². The van der Waals surface area contributed by atoms with Gasteiger partial charge in [-0.15, -0.1) is 0 Å². The number of amides is 1. The predicted octanol–water partition coefficient (Wildman–Crippen LogP) is 1.98. The maximum atomic E-state index is 12.4. The van der Waals surface area contributed by atoms with Crippen molar-refractivity contribution in [1.29, 1.82) is 0 Å². The molecule has 1 aromatic rings. The van der Waals surface area contributed by atoms with Crippen LogP contribution in [0.2, 0.25) is 0 Å². The predicted molar refractivity (Wildman–Crippen MR) is 59.5 cm³/mol.